The molecule has 0 saturated carbocycles. The van der Waals surface area contributed by atoms with Gasteiger partial charge in [0, 0.05) is 24.8 Å². The third-order valence-corrected chi connectivity index (χ3v) is 4.57. The molecule has 1 aliphatic heterocycles. The minimum absolute atomic E-state index is 0.0489. The lowest BCUT2D eigenvalue weighted by Gasteiger charge is -2.19. The standard InChI is InChI=1S/C21H25N3O5/c1-4-29-16-7-5-15(6-8-16)24-12-11-23(21(24)26)14-20(25)22-18-13-17(27-2)9-10-19(18)28-3/h5-10,13H,4,11-12,14H2,1-3H3,(H,22,25). The molecule has 1 heterocycles. The predicted octanol–water partition coefficient (Wildman–Crippen LogP) is 2.98. The van der Waals surface area contributed by atoms with Gasteiger partial charge in [-0.2, -0.15) is 0 Å². The van der Waals surface area contributed by atoms with Crippen LogP contribution in [-0.2, 0) is 4.79 Å². The van der Waals surface area contributed by atoms with Crippen LogP contribution in [0.3, 0.4) is 0 Å². The summed E-state index contributed by atoms with van der Waals surface area (Å²) in [5, 5.41) is 2.79. The van der Waals surface area contributed by atoms with Crippen LogP contribution in [0.1, 0.15) is 6.92 Å². The SMILES string of the molecule is CCOc1ccc(N2CCN(CC(=O)Nc3cc(OC)ccc3OC)C2=O)cc1. The lowest BCUT2D eigenvalue weighted by Crippen LogP contribution is -2.37. The van der Waals surface area contributed by atoms with Crippen molar-refractivity contribution in [3.63, 3.8) is 0 Å². The monoisotopic (exact) mass is 399 g/mol. The molecular weight excluding hydrogens is 374 g/mol. The van der Waals surface area contributed by atoms with E-state index in [1.165, 1.54) is 12.0 Å². The van der Waals surface area contributed by atoms with Crippen molar-refractivity contribution in [3.8, 4) is 17.2 Å². The number of nitrogens with one attached hydrogen (secondary N) is 1. The zero-order valence-corrected chi connectivity index (χ0v) is 16.8. The van der Waals surface area contributed by atoms with E-state index in [9.17, 15) is 9.59 Å². The summed E-state index contributed by atoms with van der Waals surface area (Å²) in [7, 11) is 3.07. The molecule has 0 radical (unpaired) electrons. The Balaban J connectivity index is 1.62. The van der Waals surface area contributed by atoms with E-state index in [0.717, 1.165) is 11.4 Å². The van der Waals surface area contributed by atoms with Crippen molar-refractivity contribution in [2.45, 2.75) is 6.92 Å². The topological polar surface area (TPSA) is 80.3 Å². The minimum atomic E-state index is -0.307. The van der Waals surface area contributed by atoms with Crippen LogP contribution < -0.4 is 24.4 Å². The number of carbonyl (C=O) groups is 2. The first-order chi connectivity index (χ1) is 14.0. The van der Waals surface area contributed by atoms with Crippen LogP contribution in [-0.4, -0.2) is 57.3 Å². The van der Waals surface area contributed by atoms with E-state index in [2.05, 4.69) is 5.32 Å². The smallest absolute Gasteiger partial charge is 0.325 e. The van der Waals surface area contributed by atoms with Gasteiger partial charge in [0.1, 0.15) is 23.8 Å². The molecular formula is C21H25N3O5. The average Bonchev–Trinajstić information content (AvgIpc) is 3.08. The molecule has 0 atom stereocenters. The van der Waals surface area contributed by atoms with E-state index < -0.39 is 0 Å². The number of nitrogens with zero attached hydrogens (tertiary/aromatic N) is 2. The number of benzene rings is 2. The van der Waals surface area contributed by atoms with Gasteiger partial charge in [0.15, 0.2) is 0 Å². The van der Waals surface area contributed by atoms with Crippen LogP contribution in [0.4, 0.5) is 16.2 Å². The Kier molecular flexibility index (Phi) is 6.43. The van der Waals surface area contributed by atoms with Gasteiger partial charge in [-0.15, -0.1) is 0 Å². The van der Waals surface area contributed by atoms with E-state index in [0.29, 0.717) is 36.9 Å². The van der Waals surface area contributed by atoms with Crippen molar-refractivity contribution in [1.29, 1.82) is 0 Å². The van der Waals surface area contributed by atoms with Crippen LogP contribution in [0, 0.1) is 0 Å². The van der Waals surface area contributed by atoms with E-state index in [-0.39, 0.29) is 18.5 Å². The van der Waals surface area contributed by atoms with Crippen molar-refractivity contribution >= 4 is 23.3 Å². The molecule has 8 heteroatoms. The molecule has 0 unspecified atom stereocenters. The molecule has 0 spiro atoms. The highest BCUT2D eigenvalue weighted by Gasteiger charge is 2.31. The fraction of sp³-hybridized carbons (Fsp3) is 0.333. The van der Waals surface area contributed by atoms with Crippen LogP contribution in [0.25, 0.3) is 0 Å². The zero-order valence-electron chi connectivity index (χ0n) is 16.8. The lowest BCUT2D eigenvalue weighted by molar-refractivity contribution is -0.116. The quantitative estimate of drug-likeness (QED) is 0.738. The Labute approximate surface area is 170 Å². The number of carbonyl (C=O) groups excluding carboxylic acids is 2. The maximum absolute atomic E-state index is 12.7. The van der Waals surface area contributed by atoms with Gasteiger partial charge >= 0.3 is 6.03 Å². The van der Waals surface area contributed by atoms with E-state index in [4.69, 9.17) is 14.2 Å². The molecule has 1 fully saturated rings. The third kappa shape index (κ3) is 4.71. The molecule has 0 bridgehead atoms. The van der Waals surface area contributed by atoms with Crippen LogP contribution in [0.5, 0.6) is 17.2 Å². The normalized spacial score (nSPS) is 13.4. The minimum Gasteiger partial charge on any atom is -0.497 e. The summed E-state index contributed by atoms with van der Waals surface area (Å²) in [5.74, 6) is 1.56. The van der Waals surface area contributed by atoms with Crippen molar-refractivity contribution in [2.24, 2.45) is 0 Å². The first-order valence-electron chi connectivity index (χ1n) is 9.37. The maximum Gasteiger partial charge on any atom is 0.325 e. The van der Waals surface area contributed by atoms with Gasteiger partial charge < -0.3 is 24.4 Å². The number of hydrogen-bond donors (Lipinski definition) is 1. The van der Waals surface area contributed by atoms with Gasteiger partial charge in [0.2, 0.25) is 5.91 Å². The Morgan fingerprint density at radius 3 is 2.41 bits per heavy atom. The summed E-state index contributed by atoms with van der Waals surface area (Å²) >= 11 is 0. The van der Waals surface area contributed by atoms with Crippen LogP contribution in [0.2, 0.25) is 0 Å². The number of methoxy groups -OCH3 is 2. The van der Waals surface area contributed by atoms with Gasteiger partial charge in [-0.1, -0.05) is 0 Å². The third-order valence-electron chi connectivity index (χ3n) is 4.57. The summed E-state index contributed by atoms with van der Waals surface area (Å²) in [5.41, 5.74) is 1.27. The first kappa shape index (κ1) is 20.3. The Morgan fingerprint density at radius 1 is 1.03 bits per heavy atom. The van der Waals surface area contributed by atoms with Crippen LogP contribution >= 0.6 is 0 Å². The highest BCUT2D eigenvalue weighted by molar-refractivity contribution is 6.00. The molecule has 1 aliphatic rings. The Morgan fingerprint density at radius 2 is 1.76 bits per heavy atom. The van der Waals surface area contributed by atoms with Gasteiger partial charge in [-0.3, -0.25) is 9.69 Å². The van der Waals surface area contributed by atoms with Gasteiger partial charge in [0.05, 0.1) is 26.5 Å². The van der Waals surface area contributed by atoms with Crippen LogP contribution in [0.15, 0.2) is 42.5 Å². The molecule has 1 N–H and O–H groups in total. The summed E-state index contributed by atoms with van der Waals surface area (Å²) in [6, 6.07) is 12.3. The van der Waals surface area contributed by atoms with E-state index in [1.54, 1.807) is 30.2 Å². The second-order valence-corrected chi connectivity index (χ2v) is 6.40. The number of hydrogen-bond acceptors (Lipinski definition) is 5. The summed E-state index contributed by atoms with van der Waals surface area (Å²) < 4.78 is 15.9. The summed E-state index contributed by atoms with van der Waals surface area (Å²) in [6.07, 6.45) is 0. The molecule has 154 valence electrons. The van der Waals surface area contributed by atoms with Gasteiger partial charge in [-0.25, -0.2) is 4.79 Å². The van der Waals surface area contributed by atoms with Crippen molar-refractivity contribution in [3.05, 3.63) is 42.5 Å². The molecule has 3 rings (SSSR count). The summed E-state index contributed by atoms with van der Waals surface area (Å²) in [4.78, 5) is 28.4. The van der Waals surface area contributed by atoms with E-state index >= 15 is 0 Å². The van der Waals surface area contributed by atoms with E-state index in [1.807, 2.05) is 31.2 Å². The van der Waals surface area contributed by atoms with Gasteiger partial charge in [0.25, 0.3) is 0 Å². The number of rotatable bonds is 8. The second kappa shape index (κ2) is 9.18. The first-order valence-corrected chi connectivity index (χ1v) is 9.37. The number of ether oxygens (including phenoxy) is 3. The largest absolute Gasteiger partial charge is 0.497 e. The van der Waals surface area contributed by atoms with Crippen molar-refractivity contribution in [1.82, 2.24) is 4.90 Å². The van der Waals surface area contributed by atoms with Crippen molar-refractivity contribution < 1.29 is 23.8 Å². The fourth-order valence-corrected chi connectivity index (χ4v) is 3.13. The number of urea groups is 1. The molecule has 2 aromatic rings. The molecule has 1 saturated heterocycles. The molecule has 2 aromatic carbocycles. The fourth-order valence-electron chi connectivity index (χ4n) is 3.13. The second-order valence-electron chi connectivity index (χ2n) is 6.40. The Hall–Kier alpha value is -3.42. The number of amides is 3. The molecule has 3 amide bonds. The molecule has 0 aromatic heterocycles. The molecule has 0 aliphatic carbocycles. The predicted molar refractivity (Wildman–Crippen MR) is 110 cm³/mol. The Bertz CT molecular complexity index is 869. The lowest BCUT2D eigenvalue weighted by atomic mass is 10.2. The molecule has 29 heavy (non-hydrogen) atoms. The zero-order chi connectivity index (χ0) is 20.8. The average molecular weight is 399 g/mol. The number of anilines is 2. The highest BCUT2D eigenvalue weighted by atomic mass is 16.5. The maximum atomic E-state index is 12.7. The van der Waals surface area contributed by atoms with Crippen molar-refractivity contribution in [2.75, 3.05) is 50.7 Å². The van der Waals surface area contributed by atoms with Gasteiger partial charge in [-0.05, 0) is 43.3 Å². The molecule has 8 nitrogen and oxygen atoms in total. The highest BCUT2D eigenvalue weighted by Crippen LogP contribution is 2.29. The summed E-state index contributed by atoms with van der Waals surface area (Å²) in [6.45, 7) is 3.44.